The molecule has 0 N–H and O–H groups in total. The molecule has 4 nitrogen and oxygen atoms in total. The van der Waals surface area contributed by atoms with Crippen LogP contribution in [0, 0.1) is 0 Å². The SMILES string of the molecule is COc1ccccc1C(C)N(C)S(=O)(=O)c1cccc(C(F)(F)F)c1. The summed E-state index contributed by atoms with van der Waals surface area (Å²) in [4.78, 5) is -0.411. The van der Waals surface area contributed by atoms with Gasteiger partial charge in [-0.15, -0.1) is 0 Å². The summed E-state index contributed by atoms with van der Waals surface area (Å²) in [7, 11) is -1.33. The van der Waals surface area contributed by atoms with Gasteiger partial charge in [-0.2, -0.15) is 17.5 Å². The Bertz CT molecular complexity index is 850. The average Bonchev–Trinajstić information content (AvgIpc) is 2.59. The monoisotopic (exact) mass is 373 g/mol. The quantitative estimate of drug-likeness (QED) is 0.793. The van der Waals surface area contributed by atoms with Gasteiger partial charge in [-0.1, -0.05) is 24.3 Å². The average molecular weight is 373 g/mol. The predicted octanol–water partition coefficient (Wildman–Crippen LogP) is 4.10. The molecule has 0 spiro atoms. The number of hydrogen-bond acceptors (Lipinski definition) is 3. The highest BCUT2D eigenvalue weighted by Crippen LogP contribution is 2.34. The first kappa shape index (κ1) is 19.3. The zero-order valence-corrected chi connectivity index (χ0v) is 14.7. The Balaban J connectivity index is 2.42. The maximum atomic E-state index is 12.9. The molecule has 2 aromatic rings. The van der Waals surface area contributed by atoms with Crippen LogP contribution in [-0.4, -0.2) is 26.9 Å². The molecule has 0 amide bonds. The van der Waals surface area contributed by atoms with E-state index in [2.05, 4.69) is 0 Å². The van der Waals surface area contributed by atoms with E-state index in [4.69, 9.17) is 4.74 Å². The minimum absolute atomic E-state index is 0.411. The van der Waals surface area contributed by atoms with E-state index in [-0.39, 0.29) is 0 Å². The highest BCUT2D eigenvalue weighted by molar-refractivity contribution is 7.89. The summed E-state index contributed by atoms with van der Waals surface area (Å²) in [5.74, 6) is 0.501. The summed E-state index contributed by atoms with van der Waals surface area (Å²) in [6.45, 7) is 1.64. The molecule has 0 aliphatic rings. The lowest BCUT2D eigenvalue weighted by molar-refractivity contribution is -0.137. The number of halogens is 3. The summed E-state index contributed by atoms with van der Waals surface area (Å²) in [5.41, 5.74) is -0.394. The smallest absolute Gasteiger partial charge is 0.416 e. The number of alkyl halides is 3. The van der Waals surface area contributed by atoms with E-state index in [0.717, 1.165) is 22.5 Å². The van der Waals surface area contributed by atoms with Crippen molar-refractivity contribution in [1.29, 1.82) is 0 Å². The molecule has 0 radical (unpaired) electrons. The van der Waals surface area contributed by atoms with Crippen LogP contribution in [0.1, 0.15) is 24.1 Å². The Labute approximate surface area is 144 Å². The molecule has 25 heavy (non-hydrogen) atoms. The van der Waals surface area contributed by atoms with E-state index in [1.165, 1.54) is 14.2 Å². The van der Waals surface area contributed by atoms with Crippen LogP contribution in [0.2, 0.25) is 0 Å². The van der Waals surface area contributed by atoms with Gasteiger partial charge in [0.05, 0.1) is 23.6 Å². The van der Waals surface area contributed by atoms with E-state index in [1.807, 2.05) is 0 Å². The van der Waals surface area contributed by atoms with Crippen molar-refractivity contribution >= 4 is 10.0 Å². The molecule has 0 fully saturated rings. The summed E-state index contributed by atoms with van der Waals surface area (Å²) in [6.07, 6.45) is -4.61. The summed E-state index contributed by atoms with van der Waals surface area (Å²) < 4.78 is 70.3. The Kier molecular flexibility index (Phi) is 5.43. The minimum atomic E-state index is -4.61. The number of sulfonamides is 1. The second-order valence-electron chi connectivity index (χ2n) is 5.46. The lowest BCUT2D eigenvalue weighted by atomic mass is 10.1. The molecule has 0 saturated carbocycles. The van der Waals surface area contributed by atoms with Gasteiger partial charge in [0.1, 0.15) is 5.75 Å². The molecular formula is C17H18F3NO3S. The lowest BCUT2D eigenvalue weighted by Crippen LogP contribution is -2.30. The minimum Gasteiger partial charge on any atom is -0.496 e. The summed E-state index contributed by atoms with van der Waals surface area (Å²) >= 11 is 0. The zero-order valence-electron chi connectivity index (χ0n) is 13.9. The zero-order chi connectivity index (χ0) is 18.8. The molecule has 1 unspecified atom stereocenters. The van der Waals surface area contributed by atoms with E-state index in [9.17, 15) is 21.6 Å². The van der Waals surface area contributed by atoms with Gasteiger partial charge in [-0.05, 0) is 31.2 Å². The Morgan fingerprint density at radius 3 is 2.32 bits per heavy atom. The molecule has 1 atom stereocenters. The van der Waals surface area contributed by atoms with Gasteiger partial charge in [0.25, 0.3) is 0 Å². The molecule has 0 heterocycles. The second-order valence-corrected chi connectivity index (χ2v) is 7.46. The molecule has 0 saturated heterocycles. The van der Waals surface area contributed by atoms with Gasteiger partial charge in [0, 0.05) is 12.6 Å². The van der Waals surface area contributed by atoms with Crippen molar-refractivity contribution in [2.24, 2.45) is 0 Å². The number of para-hydroxylation sites is 1. The van der Waals surface area contributed by atoms with Crippen molar-refractivity contribution in [3.05, 3.63) is 59.7 Å². The van der Waals surface area contributed by atoms with E-state index >= 15 is 0 Å². The van der Waals surface area contributed by atoms with E-state index in [0.29, 0.717) is 17.4 Å². The van der Waals surface area contributed by atoms with Crippen molar-refractivity contribution in [3.63, 3.8) is 0 Å². The number of methoxy groups -OCH3 is 1. The van der Waals surface area contributed by atoms with Gasteiger partial charge in [0.15, 0.2) is 0 Å². The molecule has 0 aromatic heterocycles. The summed E-state index contributed by atoms with van der Waals surface area (Å²) in [6, 6.07) is 9.96. The topological polar surface area (TPSA) is 46.6 Å². The van der Waals surface area contributed by atoms with Gasteiger partial charge < -0.3 is 4.74 Å². The molecular weight excluding hydrogens is 355 g/mol. The fourth-order valence-corrected chi connectivity index (χ4v) is 3.80. The lowest BCUT2D eigenvalue weighted by Gasteiger charge is -2.26. The Morgan fingerprint density at radius 2 is 1.72 bits per heavy atom. The number of nitrogens with zero attached hydrogens (tertiary/aromatic N) is 1. The third-order valence-electron chi connectivity index (χ3n) is 3.97. The third-order valence-corrected chi connectivity index (χ3v) is 5.90. The van der Waals surface area contributed by atoms with Gasteiger partial charge in [-0.3, -0.25) is 0 Å². The maximum Gasteiger partial charge on any atom is 0.416 e. The summed E-state index contributed by atoms with van der Waals surface area (Å²) in [5, 5.41) is 0. The Hall–Kier alpha value is -2.06. The van der Waals surface area contributed by atoms with Crippen LogP contribution in [0.15, 0.2) is 53.4 Å². The highest BCUT2D eigenvalue weighted by atomic mass is 32.2. The molecule has 136 valence electrons. The molecule has 2 rings (SSSR count). The first-order valence-corrected chi connectivity index (χ1v) is 8.81. The van der Waals surface area contributed by atoms with Crippen LogP contribution in [-0.2, 0) is 16.2 Å². The van der Waals surface area contributed by atoms with Crippen LogP contribution in [0.3, 0.4) is 0 Å². The largest absolute Gasteiger partial charge is 0.496 e. The number of rotatable bonds is 5. The highest BCUT2D eigenvalue weighted by Gasteiger charge is 2.33. The second kappa shape index (κ2) is 7.05. The van der Waals surface area contributed by atoms with Crippen molar-refractivity contribution < 1.29 is 26.3 Å². The number of ether oxygens (including phenoxy) is 1. The Morgan fingerprint density at radius 1 is 1.08 bits per heavy atom. The molecule has 8 heteroatoms. The van der Waals surface area contributed by atoms with Crippen LogP contribution in [0.4, 0.5) is 13.2 Å². The van der Waals surface area contributed by atoms with E-state index in [1.54, 1.807) is 31.2 Å². The predicted molar refractivity (Wildman–Crippen MR) is 87.8 cm³/mol. The van der Waals surface area contributed by atoms with Crippen LogP contribution < -0.4 is 4.74 Å². The van der Waals surface area contributed by atoms with Crippen molar-refractivity contribution in [3.8, 4) is 5.75 Å². The van der Waals surface area contributed by atoms with Gasteiger partial charge in [-0.25, -0.2) is 8.42 Å². The fraction of sp³-hybridized carbons (Fsp3) is 0.294. The molecule has 0 aliphatic heterocycles. The third kappa shape index (κ3) is 3.96. The normalized spacial score (nSPS) is 13.7. The molecule has 0 aliphatic carbocycles. The first-order chi connectivity index (χ1) is 11.6. The van der Waals surface area contributed by atoms with Crippen LogP contribution in [0.25, 0.3) is 0 Å². The molecule has 2 aromatic carbocycles. The van der Waals surface area contributed by atoms with Gasteiger partial charge in [0.2, 0.25) is 10.0 Å². The number of hydrogen-bond donors (Lipinski definition) is 0. The van der Waals surface area contributed by atoms with E-state index < -0.39 is 32.7 Å². The van der Waals surface area contributed by atoms with Crippen LogP contribution >= 0.6 is 0 Å². The maximum absolute atomic E-state index is 12.9. The van der Waals surface area contributed by atoms with Gasteiger partial charge >= 0.3 is 6.18 Å². The van der Waals surface area contributed by atoms with Crippen molar-refractivity contribution in [2.45, 2.75) is 24.0 Å². The van der Waals surface area contributed by atoms with Crippen LogP contribution in [0.5, 0.6) is 5.75 Å². The standard InChI is InChI=1S/C17H18F3NO3S/c1-12(15-9-4-5-10-16(15)24-3)21(2)25(22,23)14-8-6-7-13(11-14)17(18,19)20/h4-12H,1-3H3. The fourth-order valence-electron chi connectivity index (χ4n) is 2.41. The van der Waals surface area contributed by atoms with Crippen molar-refractivity contribution in [2.75, 3.05) is 14.2 Å². The van der Waals surface area contributed by atoms with Crippen molar-refractivity contribution in [1.82, 2.24) is 4.31 Å². The first-order valence-electron chi connectivity index (χ1n) is 7.37. The number of benzene rings is 2. The molecule has 0 bridgehead atoms.